The predicted octanol–water partition coefficient (Wildman–Crippen LogP) is 2.13. The third-order valence-corrected chi connectivity index (χ3v) is 2.88. The summed E-state index contributed by atoms with van der Waals surface area (Å²) in [7, 11) is 0. The summed E-state index contributed by atoms with van der Waals surface area (Å²) in [4.78, 5) is 23.0. The minimum Gasteiger partial charge on any atom is -0.477 e. The van der Waals surface area contributed by atoms with Gasteiger partial charge >= 0.3 is 5.97 Å². The van der Waals surface area contributed by atoms with Crippen LogP contribution in [0.1, 0.15) is 47.9 Å². The molecule has 1 unspecified atom stereocenters. The number of hydrogen-bond acceptors (Lipinski definition) is 2. The van der Waals surface area contributed by atoms with E-state index >= 15 is 0 Å². The summed E-state index contributed by atoms with van der Waals surface area (Å²) in [5.74, 6) is -1.15. The minimum absolute atomic E-state index is 0.0196. The van der Waals surface area contributed by atoms with E-state index in [1.54, 1.807) is 17.6 Å². The van der Waals surface area contributed by atoms with Gasteiger partial charge in [-0.15, -0.1) is 0 Å². The number of aromatic carboxylic acids is 1. The Kier molecular flexibility index (Phi) is 3.52. The van der Waals surface area contributed by atoms with Crippen LogP contribution in [0.15, 0.2) is 10.9 Å². The van der Waals surface area contributed by atoms with Crippen LogP contribution in [0.4, 0.5) is 0 Å². The Hall–Kier alpha value is -1.58. The number of rotatable bonds is 3. The maximum atomic E-state index is 12.0. The van der Waals surface area contributed by atoms with Crippen LogP contribution in [0.25, 0.3) is 0 Å². The van der Waals surface area contributed by atoms with E-state index in [1.807, 2.05) is 20.8 Å². The topological polar surface area (TPSA) is 59.3 Å². The summed E-state index contributed by atoms with van der Waals surface area (Å²) in [6, 6.07) is 1.77. The van der Waals surface area contributed by atoms with E-state index in [-0.39, 0.29) is 11.6 Å². The third kappa shape index (κ3) is 2.01. The highest BCUT2D eigenvalue weighted by Gasteiger charge is 2.18. The molecular formula is C12H17NO3. The van der Waals surface area contributed by atoms with Crippen LogP contribution >= 0.6 is 0 Å². The van der Waals surface area contributed by atoms with Gasteiger partial charge in [-0.3, -0.25) is 4.79 Å². The molecule has 0 aromatic carbocycles. The quantitative estimate of drug-likeness (QED) is 0.854. The second-order valence-corrected chi connectivity index (χ2v) is 4.08. The van der Waals surface area contributed by atoms with Gasteiger partial charge in [0.1, 0.15) is 5.56 Å². The van der Waals surface area contributed by atoms with Crippen molar-refractivity contribution in [1.29, 1.82) is 0 Å². The van der Waals surface area contributed by atoms with Gasteiger partial charge in [-0.05, 0) is 38.8 Å². The average molecular weight is 223 g/mol. The molecule has 0 bridgehead atoms. The van der Waals surface area contributed by atoms with E-state index in [0.717, 1.165) is 12.1 Å². The van der Waals surface area contributed by atoms with Gasteiger partial charge in [0.25, 0.3) is 5.56 Å². The molecule has 0 aliphatic carbocycles. The Balaban J connectivity index is 3.58. The van der Waals surface area contributed by atoms with Crippen molar-refractivity contribution in [1.82, 2.24) is 4.57 Å². The Labute approximate surface area is 94.5 Å². The fraction of sp³-hybridized carbons (Fsp3) is 0.500. The van der Waals surface area contributed by atoms with Gasteiger partial charge in [-0.2, -0.15) is 0 Å². The second kappa shape index (κ2) is 4.51. The number of aryl methyl sites for hydroxylation is 2. The van der Waals surface area contributed by atoms with E-state index in [4.69, 9.17) is 5.11 Å². The van der Waals surface area contributed by atoms with Gasteiger partial charge in [0.05, 0.1) is 0 Å². The SMILES string of the molecule is CCC(C)n1c(C)cc(C)c(C(=O)O)c1=O. The molecule has 1 N–H and O–H groups in total. The molecule has 0 fully saturated rings. The first-order valence-electron chi connectivity index (χ1n) is 5.36. The zero-order valence-corrected chi connectivity index (χ0v) is 10.1. The molecule has 88 valence electrons. The van der Waals surface area contributed by atoms with Crippen molar-refractivity contribution in [3.63, 3.8) is 0 Å². The molecule has 1 aromatic rings. The average Bonchev–Trinajstić information content (AvgIpc) is 2.15. The lowest BCUT2D eigenvalue weighted by atomic mass is 10.1. The standard InChI is InChI=1S/C12H17NO3/c1-5-8(3)13-9(4)6-7(2)10(11(13)14)12(15)16/h6,8H,5H2,1-4H3,(H,15,16). The molecule has 0 aliphatic rings. The first kappa shape index (κ1) is 12.5. The van der Waals surface area contributed by atoms with Crippen molar-refractivity contribution in [2.24, 2.45) is 0 Å². The fourth-order valence-corrected chi connectivity index (χ4v) is 1.89. The Morgan fingerprint density at radius 2 is 2.06 bits per heavy atom. The summed E-state index contributed by atoms with van der Waals surface area (Å²) >= 11 is 0. The molecule has 1 heterocycles. The Morgan fingerprint density at radius 3 is 2.50 bits per heavy atom. The monoisotopic (exact) mass is 223 g/mol. The van der Waals surface area contributed by atoms with Crippen molar-refractivity contribution >= 4 is 5.97 Å². The first-order chi connectivity index (χ1) is 7.40. The lowest BCUT2D eigenvalue weighted by Crippen LogP contribution is -2.31. The molecule has 0 radical (unpaired) electrons. The molecule has 0 aliphatic heterocycles. The molecule has 0 amide bonds. The van der Waals surface area contributed by atoms with Gasteiger partial charge in [0.15, 0.2) is 0 Å². The van der Waals surface area contributed by atoms with E-state index in [0.29, 0.717) is 5.56 Å². The molecule has 1 aromatic heterocycles. The van der Waals surface area contributed by atoms with Crippen LogP contribution in [-0.2, 0) is 0 Å². The molecule has 16 heavy (non-hydrogen) atoms. The number of carbonyl (C=O) groups is 1. The number of carboxylic acid groups (broad SMARTS) is 1. The zero-order valence-electron chi connectivity index (χ0n) is 10.1. The van der Waals surface area contributed by atoms with Crippen molar-refractivity contribution in [3.8, 4) is 0 Å². The van der Waals surface area contributed by atoms with Gasteiger partial charge < -0.3 is 9.67 Å². The summed E-state index contributed by atoms with van der Waals surface area (Å²) in [6.07, 6.45) is 0.795. The smallest absolute Gasteiger partial charge is 0.341 e. The number of carboxylic acids is 1. The molecule has 4 nitrogen and oxygen atoms in total. The van der Waals surface area contributed by atoms with E-state index in [1.165, 1.54) is 0 Å². The Bertz CT molecular complexity index is 474. The molecule has 1 atom stereocenters. The maximum Gasteiger partial charge on any atom is 0.341 e. The Morgan fingerprint density at radius 1 is 1.50 bits per heavy atom. The van der Waals surface area contributed by atoms with Crippen molar-refractivity contribution in [3.05, 3.63) is 33.2 Å². The largest absolute Gasteiger partial charge is 0.477 e. The molecule has 0 saturated heterocycles. The van der Waals surface area contributed by atoms with Crippen molar-refractivity contribution in [2.45, 2.75) is 40.2 Å². The number of aromatic nitrogens is 1. The zero-order chi connectivity index (χ0) is 12.5. The highest BCUT2D eigenvalue weighted by molar-refractivity contribution is 5.88. The second-order valence-electron chi connectivity index (χ2n) is 4.08. The van der Waals surface area contributed by atoms with E-state index in [2.05, 4.69) is 0 Å². The van der Waals surface area contributed by atoms with Crippen LogP contribution in [0.5, 0.6) is 0 Å². The van der Waals surface area contributed by atoms with Crippen LogP contribution in [0.2, 0.25) is 0 Å². The summed E-state index contributed by atoms with van der Waals surface area (Å²) in [6.45, 7) is 7.36. The molecular weight excluding hydrogens is 206 g/mol. The van der Waals surface area contributed by atoms with Crippen LogP contribution in [0.3, 0.4) is 0 Å². The molecule has 1 rings (SSSR count). The summed E-state index contributed by atoms with van der Waals surface area (Å²) in [5.41, 5.74) is 0.807. The van der Waals surface area contributed by atoms with Gasteiger partial charge in [-0.1, -0.05) is 6.92 Å². The van der Waals surface area contributed by atoms with Crippen LogP contribution in [0, 0.1) is 13.8 Å². The third-order valence-electron chi connectivity index (χ3n) is 2.88. The van der Waals surface area contributed by atoms with Gasteiger partial charge in [0, 0.05) is 11.7 Å². The highest BCUT2D eigenvalue weighted by Crippen LogP contribution is 2.13. The predicted molar refractivity (Wildman–Crippen MR) is 62.1 cm³/mol. The summed E-state index contributed by atoms with van der Waals surface area (Å²) in [5, 5.41) is 9.00. The number of pyridine rings is 1. The summed E-state index contributed by atoms with van der Waals surface area (Å²) < 4.78 is 1.55. The normalized spacial score (nSPS) is 12.5. The van der Waals surface area contributed by atoms with Crippen molar-refractivity contribution in [2.75, 3.05) is 0 Å². The van der Waals surface area contributed by atoms with E-state index in [9.17, 15) is 9.59 Å². The lowest BCUT2D eigenvalue weighted by molar-refractivity contribution is 0.0693. The molecule has 4 heteroatoms. The van der Waals surface area contributed by atoms with Gasteiger partial charge in [0.2, 0.25) is 0 Å². The lowest BCUT2D eigenvalue weighted by Gasteiger charge is -2.18. The maximum absolute atomic E-state index is 12.0. The van der Waals surface area contributed by atoms with Gasteiger partial charge in [-0.25, -0.2) is 4.79 Å². The number of nitrogens with zero attached hydrogens (tertiary/aromatic N) is 1. The fourth-order valence-electron chi connectivity index (χ4n) is 1.89. The van der Waals surface area contributed by atoms with Crippen LogP contribution < -0.4 is 5.56 Å². The molecule has 0 saturated carbocycles. The minimum atomic E-state index is -1.15. The first-order valence-corrected chi connectivity index (χ1v) is 5.36. The van der Waals surface area contributed by atoms with E-state index < -0.39 is 11.5 Å². The highest BCUT2D eigenvalue weighted by atomic mass is 16.4. The number of hydrogen-bond donors (Lipinski definition) is 1. The molecule has 0 spiro atoms. The van der Waals surface area contributed by atoms with Crippen LogP contribution in [-0.4, -0.2) is 15.6 Å². The van der Waals surface area contributed by atoms with Crippen molar-refractivity contribution < 1.29 is 9.90 Å².